The highest BCUT2D eigenvalue weighted by atomic mass is 32.2. The first-order chi connectivity index (χ1) is 9.24. The third kappa shape index (κ3) is 5.20. The Bertz CT molecular complexity index is 422. The van der Waals surface area contributed by atoms with Crippen LogP contribution in [0.1, 0.15) is 12.0 Å². The monoisotopic (exact) mass is 282 g/mol. The first kappa shape index (κ1) is 14.3. The molecule has 0 bridgehead atoms. The molecule has 0 saturated carbocycles. The molecule has 1 heterocycles. The maximum atomic E-state index is 13.0. The number of benzene rings is 1. The van der Waals surface area contributed by atoms with E-state index in [9.17, 15) is 9.18 Å². The van der Waals surface area contributed by atoms with E-state index in [1.54, 1.807) is 6.07 Å². The van der Waals surface area contributed by atoms with Crippen molar-refractivity contribution in [3.63, 3.8) is 0 Å². The standard InChI is InChI=1S/C14H19FN2OS/c15-12-3-1-2-11(8-12)4-5-17-14(18)9-13-10-19-7-6-16-13/h1-3,8,13,16H,4-7,9-10H2,(H,17,18). The molecular formula is C14H19FN2OS. The first-order valence-corrected chi connectivity index (χ1v) is 7.72. The lowest BCUT2D eigenvalue weighted by molar-refractivity contribution is -0.121. The van der Waals surface area contributed by atoms with Gasteiger partial charge in [-0.2, -0.15) is 11.8 Å². The molecular weight excluding hydrogens is 263 g/mol. The van der Waals surface area contributed by atoms with E-state index < -0.39 is 0 Å². The van der Waals surface area contributed by atoms with E-state index in [0.717, 1.165) is 23.6 Å². The zero-order valence-electron chi connectivity index (χ0n) is 10.8. The summed E-state index contributed by atoms with van der Waals surface area (Å²) in [5, 5.41) is 6.22. The second kappa shape index (κ2) is 7.50. The largest absolute Gasteiger partial charge is 0.356 e. The van der Waals surface area contributed by atoms with E-state index in [-0.39, 0.29) is 17.8 Å². The fourth-order valence-electron chi connectivity index (χ4n) is 2.09. The third-order valence-corrected chi connectivity index (χ3v) is 4.19. The molecule has 1 aliphatic heterocycles. The van der Waals surface area contributed by atoms with Crippen molar-refractivity contribution in [3.8, 4) is 0 Å². The van der Waals surface area contributed by atoms with Crippen LogP contribution in [0, 0.1) is 5.82 Å². The van der Waals surface area contributed by atoms with Crippen LogP contribution in [0.3, 0.4) is 0 Å². The van der Waals surface area contributed by atoms with Crippen molar-refractivity contribution < 1.29 is 9.18 Å². The minimum atomic E-state index is -0.229. The van der Waals surface area contributed by atoms with Crippen molar-refractivity contribution in [3.05, 3.63) is 35.6 Å². The second-order valence-corrected chi connectivity index (χ2v) is 5.81. The van der Waals surface area contributed by atoms with Gasteiger partial charge in [-0.15, -0.1) is 0 Å². The van der Waals surface area contributed by atoms with E-state index in [0.29, 0.717) is 19.4 Å². The lowest BCUT2D eigenvalue weighted by Crippen LogP contribution is -2.41. The molecule has 104 valence electrons. The highest BCUT2D eigenvalue weighted by molar-refractivity contribution is 7.99. The molecule has 1 fully saturated rings. The molecule has 5 heteroatoms. The molecule has 1 saturated heterocycles. The summed E-state index contributed by atoms with van der Waals surface area (Å²) in [6.07, 6.45) is 1.19. The van der Waals surface area contributed by atoms with Gasteiger partial charge in [0.1, 0.15) is 5.82 Å². The lowest BCUT2D eigenvalue weighted by Gasteiger charge is -2.22. The summed E-state index contributed by atoms with van der Waals surface area (Å²) >= 11 is 1.88. The van der Waals surface area contributed by atoms with Crippen LogP contribution in [0.15, 0.2) is 24.3 Å². The molecule has 1 aliphatic rings. The molecule has 3 nitrogen and oxygen atoms in total. The number of rotatable bonds is 5. The number of amides is 1. The van der Waals surface area contributed by atoms with Crippen molar-refractivity contribution in [2.45, 2.75) is 18.9 Å². The molecule has 1 amide bonds. The van der Waals surface area contributed by atoms with Crippen LogP contribution in [0.5, 0.6) is 0 Å². The van der Waals surface area contributed by atoms with Gasteiger partial charge < -0.3 is 10.6 Å². The van der Waals surface area contributed by atoms with Gasteiger partial charge in [-0.25, -0.2) is 4.39 Å². The Morgan fingerprint density at radius 2 is 2.42 bits per heavy atom. The number of halogens is 1. The Morgan fingerprint density at radius 3 is 3.16 bits per heavy atom. The minimum absolute atomic E-state index is 0.0661. The predicted octanol–water partition coefficient (Wildman–Crippen LogP) is 1.58. The molecule has 0 aromatic heterocycles. The summed E-state index contributed by atoms with van der Waals surface area (Å²) in [4.78, 5) is 11.7. The number of nitrogens with one attached hydrogen (secondary N) is 2. The smallest absolute Gasteiger partial charge is 0.221 e. The summed E-state index contributed by atoms with van der Waals surface area (Å²) in [7, 11) is 0. The van der Waals surface area contributed by atoms with Crippen LogP contribution >= 0.6 is 11.8 Å². The quantitative estimate of drug-likeness (QED) is 0.861. The van der Waals surface area contributed by atoms with Crippen LogP contribution in [-0.4, -0.2) is 36.5 Å². The average Bonchev–Trinajstić information content (AvgIpc) is 2.40. The van der Waals surface area contributed by atoms with Crippen molar-refractivity contribution in [1.82, 2.24) is 10.6 Å². The minimum Gasteiger partial charge on any atom is -0.356 e. The van der Waals surface area contributed by atoms with Gasteiger partial charge in [0, 0.05) is 37.1 Å². The number of carbonyl (C=O) groups excluding carboxylic acids is 1. The zero-order chi connectivity index (χ0) is 13.5. The van der Waals surface area contributed by atoms with E-state index in [4.69, 9.17) is 0 Å². The maximum absolute atomic E-state index is 13.0. The maximum Gasteiger partial charge on any atom is 0.221 e. The Kier molecular flexibility index (Phi) is 5.66. The number of thioether (sulfide) groups is 1. The number of hydrogen-bond donors (Lipinski definition) is 2. The van der Waals surface area contributed by atoms with Gasteiger partial charge in [0.25, 0.3) is 0 Å². The molecule has 2 N–H and O–H groups in total. The molecule has 0 radical (unpaired) electrons. The summed E-state index contributed by atoms with van der Waals surface area (Å²) in [6, 6.07) is 6.78. The predicted molar refractivity (Wildman–Crippen MR) is 76.8 cm³/mol. The molecule has 1 unspecified atom stereocenters. The Hall–Kier alpha value is -1.07. The highest BCUT2D eigenvalue weighted by Gasteiger charge is 2.16. The lowest BCUT2D eigenvalue weighted by atomic mass is 10.1. The fourth-order valence-corrected chi connectivity index (χ4v) is 3.03. The number of carbonyl (C=O) groups is 1. The summed E-state index contributed by atoms with van der Waals surface area (Å²) in [6.45, 7) is 1.54. The normalized spacial score (nSPS) is 19.1. The van der Waals surface area contributed by atoms with E-state index in [2.05, 4.69) is 10.6 Å². The van der Waals surface area contributed by atoms with Gasteiger partial charge in [-0.3, -0.25) is 4.79 Å². The second-order valence-electron chi connectivity index (χ2n) is 4.66. The molecule has 0 aliphatic carbocycles. The Labute approximate surface area is 117 Å². The highest BCUT2D eigenvalue weighted by Crippen LogP contribution is 2.10. The zero-order valence-corrected chi connectivity index (χ0v) is 11.6. The molecule has 1 aromatic carbocycles. The molecule has 1 atom stereocenters. The van der Waals surface area contributed by atoms with E-state index >= 15 is 0 Å². The van der Waals surface area contributed by atoms with Crippen molar-refractivity contribution in [2.75, 3.05) is 24.6 Å². The Balaban J connectivity index is 1.66. The first-order valence-electron chi connectivity index (χ1n) is 6.56. The average molecular weight is 282 g/mol. The van der Waals surface area contributed by atoms with Crippen LogP contribution in [0.4, 0.5) is 4.39 Å². The third-order valence-electron chi connectivity index (χ3n) is 3.06. The molecule has 1 aromatic rings. The van der Waals surface area contributed by atoms with Crippen LogP contribution in [-0.2, 0) is 11.2 Å². The van der Waals surface area contributed by atoms with Crippen molar-refractivity contribution >= 4 is 17.7 Å². The van der Waals surface area contributed by atoms with Gasteiger partial charge in [-0.1, -0.05) is 12.1 Å². The van der Waals surface area contributed by atoms with Gasteiger partial charge in [-0.05, 0) is 24.1 Å². The van der Waals surface area contributed by atoms with Gasteiger partial charge in [0.05, 0.1) is 0 Å². The molecule has 0 spiro atoms. The van der Waals surface area contributed by atoms with Gasteiger partial charge in [0.15, 0.2) is 0 Å². The van der Waals surface area contributed by atoms with Crippen molar-refractivity contribution in [1.29, 1.82) is 0 Å². The number of hydrogen-bond acceptors (Lipinski definition) is 3. The van der Waals surface area contributed by atoms with Gasteiger partial charge >= 0.3 is 0 Å². The molecule has 19 heavy (non-hydrogen) atoms. The summed E-state index contributed by atoms with van der Waals surface area (Å²) < 4.78 is 13.0. The SMILES string of the molecule is O=C(CC1CSCCN1)NCCc1cccc(F)c1. The van der Waals surface area contributed by atoms with Gasteiger partial charge in [0.2, 0.25) is 5.91 Å². The molecule has 2 rings (SSSR count). The van der Waals surface area contributed by atoms with Crippen LogP contribution in [0.2, 0.25) is 0 Å². The van der Waals surface area contributed by atoms with Crippen LogP contribution in [0.25, 0.3) is 0 Å². The summed E-state index contributed by atoms with van der Waals surface area (Å²) in [5.74, 6) is 1.96. The Morgan fingerprint density at radius 1 is 1.53 bits per heavy atom. The topological polar surface area (TPSA) is 41.1 Å². The fraction of sp³-hybridized carbons (Fsp3) is 0.500. The van der Waals surface area contributed by atoms with E-state index in [1.807, 2.05) is 17.8 Å². The summed E-state index contributed by atoms with van der Waals surface area (Å²) in [5.41, 5.74) is 0.909. The van der Waals surface area contributed by atoms with E-state index in [1.165, 1.54) is 12.1 Å². The van der Waals surface area contributed by atoms with Crippen molar-refractivity contribution in [2.24, 2.45) is 0 Å². The van der Waals surface area contributed by atoms with Crippen LogP contribution < -0.4 is 10.6 Å².